The van der Waals surface area contributed by atoms with Crippen LogP contribution in [0, 0.1) is 13.8 Å². The molecule has 0 N–H and O–H groups in total. The van der Waals surface area contributed by atoms with Crippen molar-refractivity contribution in [2.24, 2.45) is 0 Å². The third-order valence-electron chi connectivity index (χ3n) is 2.44. The van der Waals surface area contributed by atoms with E-state index in [2.05, 4.69) is 26.5 Å². The van der Waals surface area contributed by atoms with Gasteiger partial charge in [0.05, 0.1) is 0 Å². The summed E-state index contributed by atoms with van der Waals surface area (Å²) in [5.74, 6) is 0. The number of hydrogen-bond donors (Lipinski definition) is 0. The summed E-state index contributed by atoms with van der Waals surface area (Å²) in [6.07, 6.45) is 2.17. The quantitative estimate of drug-likeness (QED) is 0.671. The molecule has 1 aromatic rings. The molecule has 0 aromatic heterocycles. The third-order valence-corrected chi connectivity index (χ3v) is 2.85. The summed E-state index contributed by atoms with van der Waals surface area (Å²) in [6, 6.07) is 4.16. The standard InChI is InChI=1S/C13H17Cl/c1-5-6-9(2)12-8-13(14)11(4)7-10(12)3/h7-8H,2,5-6H2,1,3-4H3. The van der Waals surface area contributed by atoms with E-state index in [9.17, 15) is 0 Å². The van der Waals surface area contributed by atoms with Crippen LogP contribution in [0.25, 0.3) is 5.57 Å². The van der Waals surface area contributed by atoms with Crippen LogP contribution in [0.15, 0.2) is 18.7 Å². The summed E-state index contributed by atoms with van der Waals surface area (Å²) in [6.45, 7) is 10.4. The van der Waals surface area contributed by atoms with E-state index in [1.165, 1.54) is 16.7 Å². The summed E-state index contributed by atoms with van der Waals surface area (Å²) in [5.41, 5.74) is 4.80. The average molecular weight is 209 g/mol. The zero-order valence-electron chi connectivity index (χ0n) is 9.15. The van der Waals surface area contributed by atoms with Crippen LogP contribution in [0.5, 0.6) is 0 Å². The van der Waals surface area contributed by atoms with Crippen LogP contribution < -0.4 is 0 Å². The van der Waals surface area contributed by atoms with Gasteiger partial charge in [-0.2, -0.15) is 0 Å². The van der Waals surface area contributed by atoms with Gasteiger partial charge in [-0.15, -0.1) is 0 Å². The molecule has 0 saturated carbocycles. The van der Waals surface area contributed by atoms with Crippen LogP contribution in [-0.2, 0) is 0 Å². The van der Waals surface area contributed by atoms with Crippen molar-refractivity contribution >= 4 is 17.2 Å². The first kappa shape index (κ1) is 11.3. The second-order valence-electron chi connectivity index (χ2n) is 3.77. The lowest BCUT2D eigenvalue weighted by molar-refractivity contribution is 0.973. The van der Waals surface area contributed by atoms with E-state index in [0.717, 1.165) is 23.4 Å². The first-order valence-corrected chi connectivity index (χ1v) is 5.39. The van der Waals surface area contributed by atoms with Crippen molar-refractivity contribution in [3.63, 3.8) is 0 Å². The Labute approximate surface area is 91.6 Å². The van der Waals surface area contributed by atoms with Crippen LogP contribution >= 0.6 is 11.6 Å². The first-order valence-electron chi connectivity index (χ1n) is 5.01. The minimum absolute atomic E-state index is 0.836. The first-order chi connectivity index (χ1) is 6.56. The molecule has 1 rings (SSSR count). The Kier molecular flexibility index (Phi) is 3.77. The molecule has 0 atom stereocenters. The molecule has 0 amide bonds. The smallest absolute Gasteiger partial charge is 0.0441 e. The third kappa shape index (κ3) is 2.39. The SMILES string of the molecule is C=C(CCC)c1cc(Cl)c(C)cc1C. The van der Waals surface area contributed by atoms with Crippen LogP contribution in [0.1, 0.15) is 36.5 Å². The molecular formula is C13H17Cl. The van der Waals surface area contributed by atoms with E-state index in [1.807, 2.05) is 13.0 Å². The Balaban J connectivity index is 3.09. The fraction of sp³-hybridized carbons (Fsp3) is 0.385. The monoisotopic (exact) mass is 208 g/mol. The predicted octanol–water partition coefficient (Wildman–Crippen LogP) is 4.77. The van der Waals surface area contributed by atoms with Crippen LogP contribution in [0.4, 0.5) is 0 Å². The molecule has 76 valence electrons. The Bertz CT molecular complexity index is 350. The molecule has 0 aliphatic rings. The largest absolute Gasteiger partial charge is 0.0952 e. The van der Waals surface area contributed by atoms with E-state index in [-0.39, 0.29) is 0 Å². The van der Waals surface area contributed by atoms with E-state index >= 15 is 0 Å². The van der Waals surface area contributed by atoms with E-state index in [1.54, 1.807) is 0 Å². The van der Waals surface area contributed by atoms with Crippen LogP contribution in [0.2, 0.25) is 5.02 Å². The molecule has 0 fully saturated rings. The second kappa shape index (κ2) is 4.65. The molecule has 0 bridgehead atoms. The highest BCUT2D eigenvalue weighted by molar-refractivity contribution is 6.31. The van der Waals surface area contributed by atoms with Gasteiger partial charge in [-0.05, 0) is 48.6 Å². The van der Waals surface area contributed by atoms with Gasteiger partial charge in [-0.25, -0.2) is 0 Å². The molecule has 0 aliphatic heterocycles. The maximum atomic E-state index is 6.09. The van der Waals surface area contributed by atoms with Crippen molar-refractivity contribution in [2.75, 3.05) is 0 Å². The van der Waals surface area contributed by atoms with Crippen LogP contribution in [-0.4, -0.2) is 0 Å². The van der Waals surface area contributed by atoms with E-state index in [4.69, 9.17) is 11.6 Å². The van der Waals surface area contributed by atoms with Crippen molar-refractivity contribution < 1.29 is 0 Å². The van der Waals surface area contributed by atoms with Gasteiger partial charge in [0.15, 0.2) is 0 Å². The Morgan fingerprint density at radius 2 is 1.93 bits per heavy atom. The number of benzene rings is 1. The molecule has 0 spiro atoms. The van der Waals surface area contributed by atoms with Gasteiger partial charge >= 0.3 is 0 Å². The molecule has 0 nitrogen and oxygen atoms in total. The molecular weight excluding hydrogens is 192 g/mol. The molecule has 0 saturated heterocycles. The molecule has 0 unspecified atom stereocenters. The van der Waals surface area contributed by atoms with Gasteiger partial charge in [-0.3, -0.25) is 0 Å². The summed E-state index contributed by atoms with van der Waals surface area (Å²) in [4.78, 5) is 0. The Morgan fingerprint density at radius 3 is 2.50 bits per heavy atom. The van der Waals surface area contributed by atoms with Gasteiger partial charge < -0.3 is 0 Å². The molecule has 1 heteroatoms. The minimum atomic E-state index is 0.836. The summed E-state index contributed by atoms with van der Waals surface area (Å²) in [5, 5.41) is 0.836. The number of rotatable bonds is 3. The maximum absolute atomic E-state index is 6.09. The van der Waals surface area contributed by atoms with Crippen molar-refractivity contribution in [1.29, 1.82) is 0 Å². The topological polar surface area (TPSA) is 0 Å². The van der Waals surface area contributed by atoms with Gasteiger partial charge in [0, 0.05) is 5.02 Å². The molecule has 0 heterocycles. The normalized spacial score (nSPS) is 10.3. The lowest BCUT2D eigenvalue weighted by Crippen LogP contribution is -1.90. The summed E-state index contributed by atoms with van der Waals surface area (Å²) in [7, 11) is 0. The van der Waals surface area contributed by atoms with Crippen molar-refractivity contribution in [2.45, 2.75) is 33.6 Å². The summed E-state index contributed by atoms with van der Waals surface area (Å²) >= 11 is 6.09. The molecule has 0 radical (unpaired) electrons. The summed E-state index contributed by atoms with van der Waals surface area (Å²) < 4.78 is 0. The lowest BCUT2D eigenvalue weighted by Gasteiger charge is -2.10. The number of halogens is 1. The van der Waals surface area contributed by atoms with Crippen molar-refractivity contribution in [3.8, 4) is 0 Å². The number of hydrogen-bond acceptors (Lipinski definition) is 0. The highest BCUT2D eigenvalue weighted by Gasteiger charge is 2.05. The second-order valence-corrected chi connectivity index (χ2v) is 4.18. The van der Waals surface area contributed by atoms with Gasteiger partial charge in [0.25, 0.3) is 0 Å². The molecule has 14 heavy (non-hydrogen) atoms. The van der Waals surface area contributed by atoms with Gasteiger partial charge in [-0.1, -0.05) is 37.6 Å². The maximum Gasteiger partial charge on any atom is 0.0441 e. The van der Waals surface area contributed by atoms with Crippen molar-refractivity contribution in [3.05, 3.63) is 40.4 Å². The molecule has 0 aliphatic carbocycles. The zero-order chi connectivity index (χ0) is 10.7. The highest BCUT2D eigenvalue weighted by atomic mass is 35.5. The zero-order valence-corrected chi connectivity index (χ0v) is 9.91. The Morgan fingerprint density at radius 1 is 1.29 bits per heavy atom. The van der Waals surface area contributed by atoms with Crippen molar-refractivity contribution in [1.82, 2.24) is 0 Å². The fourth-order valence-corrected chi connectivity index (χ4v) is 1.81. The predicted molar refractivity (Wildman–Crippen MR) is 64.9 cm³/mol. The highest BCUT2D eigenvalue weighted by Crippen LogP contribution is 2.27. The lowest BCUT2D eigenvalue weighted by atomic mass is 9.97. The van der Waals surface area contributed by atoms with Gasteiger partial charge in [0.2, 0.25) is 0 Å². The average Bonchev–Trinajstić information content (AvgIpc) is 2.11. The Hall–Kier alpha value is -0.750. The number of allylic oxidation sites excluding steroid dienone is 1. The molecule has 1 aromatic carbocycles. The van der Waals surface area contributed by atoms with E-state index < -0.39 is 0 Å². The van der Waals surface area contributed by atoms with Gasteiger partial charge in [0.1, 0.15) is 0 Å². The van der Waals surface area contributed by atoms with Crippen LogP contribution in [0.3, 0.4) is 0 Å². The fourth-order valence-electron chi connectivity index (χ4n) is 1.64. The minimum Gasteiger partial charge on any atom is -0.0952 e. The van der Waals surface area contributed by atoms with E-state index in [0.29, 0.717) is 0 Å². The number of aryl methyl sites for hydroxylation is 2.